The third-order valence-corrected chi connectivity index (χ3v) is 6.88. The van der Waals surface area contributed by atoms with Crippen LogP contribution >= 0.6 is 0 Å². The zero-order valence-corrected chi connectivity index (χ0v) is 23.6. The largest absolute Gasteiger partial charge is 0.464 e. The van der Waals surface area contributed by atoms with Crippen molar-refractivity contribution in [3.63, 3.8) is 0 Å². The van der Waals surface area contributed by atoms with E-state index >= 15 is 0 Å². The molecule has 2 unspecified atom stereocenters. The van der Waals surface area contributed by atoms with Gasteiger partial charge in [-0.15, -0.1) is 0 Å². The molecule has 0 aromatic rings. The standard InChI is InChI=1S/C30H61NO3/c1-5-9-13-17-20-28(19-15-11-7-3)27-33-25-23-31-24-26-34-30(32)29(21-16-12-8-4)22-18-14-10-6-2/h28-29,31H,5-27H2,1-4H3. The van der Waals surface area contributed by atoms with Crippen LogP contribution < -0.4 is 5.32 Å². The van der Waals surface area contributed by atoms with Gasteiger partial charge in [-0.05, 0) is 31.6 Å². The zero-order valence-electron chi connectivity index (χ0n) is 23.6. The summed E-state index contributed by atoms with van der Waals surface area (Å²) in [6.07, 6.45) is 22.3. The van der Waals surface area contributed by atoms with Gasteiger partial charge in [-0.3, -0.25) is 4.79 Å². The van der Waals surface area contributed by atoms with Crippen LogP contribution in [0.4, 0.5) is 0 Å². The number of nitrogens with one attached hydrogen (secondary N) is 1. The minimum absolute atomic E-state index is 0.0173. The van der Waals surface area contributed by atoms with E-state index < -0.39 is 0 Å². The van der Waals surface area contributed by atoms with Gasteiger partial charge in [0.25, 0.3) is 0 Å². The fourth-order valence-electron chi connectivity index (χ4n) is 4.55. The summed E-state index contributed by atoms with van der Waals surface area (Å²) >= 11 is 0. The Morgan fingerprint density at radius 1 is 0.618 bits per heavy atom. The van der Waals surface area contributed by atoms with Gasteiger partial charge in [-0.2, -0.15) is 0 Å². The van der Waals surface area contributed by atoms with Crippen molar-refractivity contribution in [3.8, 4) is 0 Å². The molecule has 0 bridgehead atoms. The SMILES string of the molecule is CCCCCCC(CCCCC)COCCNCCOC(=O)C(CCCCC)CCCCCC. The fourth-order valence-corrected chi connectivity index (χ4v) is 4.55. The Bertz CT molecular complexity index is 416. The van der Waals surface area contributed by atoms with Crippen LogP contribution in [-0.2, 0) is 14.3 Å². The Kier molecular flexibility index (Phi) is 26.5. The summed E-state index contributed by atoms with van der Waals surface area (Å²) in [6, 6.07) is 0. The van der Waals surface area contributed by atoms with Crippen molar-refractivity contribution in [2.24, 2.45) is 11.8 Å². The second kappa shape index (κ2) is 27.0. The number of hydrogen-bond acceptors (Lipinski definition) is 4. The molecule has 0 heterocycles. The molecule has 0 radical (unpaired) electrons. The number of ether oxygens (including phenoxy) is 2. The molecule has 204 valence electrons. The van der Waals surface area contributed by atoms with Crippen molar-refractivity contribution in [1.82, 2.24) is 5.32 Å². The van der Waals surface area contributed by atoms with Crippen LogP contribution in [-0.4, -0.2) is 38.9 Å². The Balaban J connectivity index is 3.97. The molecule has 0 saturated heterocycles. The van der Waals surface area contributed by atoms with E-state index in [9.17, 15) is 4.79 Å². The van der Waals surface area contributed by atoms with Crippen molar-refractivity contribution in [2.45, 2.75) is 143 Å². The molecule has 4 heteroatoms. The molecule has 0 aromatic heterocycles. The molecule has 0 saturated carbocycles. The molecule has 0 spiro atoms. The lowest BCUT2D eigenvalue weighted by atomic mass is 9.95. The van der Waals surface area contributed by atoms with Gasteiger partial charge in [0.05, 0.1) is 12.5 Å². The Morgan fingerprint density at radius 2 is 1.09 bits per heavy atom. The monoisotopic (exact) mass is 483 g/mol. The van der Waals surface area contributed by atoms with E-state index in [0.29, 0.717) is 19.1 Å². The highest BCUT2D eigenvalue weighted by Gasteiger charge is 2.19. The van der Waals surface area contributed by atoms with Crippen molar-refractivity contribution < 1.29 is 14.3 Å². The number of carbonyl (C=O) groups excluding carboxylic acids is 1. The summed E-state index contributed by atoms with van der Waals surface area (Å²) in [5.41, 5.74) is 0. The van der Waals surface area contributed by atoms with Gasteiger partial charge in [0.15, 0.2) is 0 Å². The van der Waals surface area contributed by atoms with E-state index in [1.807, 2.05) is 0 Å². The molecule has 0 aromatic carbocycles. The molecule has 0 aliphatic rings. The second-order valence-electron chi connectivity index (χ2n) is 10.2. The quantitative estimate of drug-likeness (QED) is 0.0940. The normalized spacial score (nSPS) is 13.2. The van der Waals surface area contributed by atoms with Gasteiger partial charge in [-0.1, -0.05) is 118 Å². The second-order valence-corrected chi connectivity index (χ2v) is 10.2. The van der Waals surface area contributed by atoms with Gasteiger partial charge in [0.2, 0.25) is 0 Å². The predicted octanol–water partition coefficient (Wildman–Crippen LogP) is 8.47. The van der Waals surface area contributed by atoms with Crippen molar-refractivity contribution in [1.29, 1.82) is 0 Å². The van der Waals surface area contributed by atoms with Crippen molar-refractivity contribution in [2.75, 3.05) is 32.9 Å². The van der Waals surface area contributed by atoms with Gasteiger partial charge >= 0.3 is 5.97 Å². The fraction of sp³-hybridized carbons (Fsp3) is 0.967. The summed E-state index contributed by atoms with van der Waals surface area (Å²) < 4.78 is 11.6. The maximum atomic E-state index is 12.6. The van der Waals surface area contributed by atoms with Crippen LogP contribution in [0.15, 0.2) is 0 Å². The zero-order chi connectivity index (χ0) is 25.1. The van der Waals surface area contributed by atoms with E-state index in [4.69, 9.17) is 9.47 Å². The van der Waals surface area contributed by atoms with E-state index in [1.54, 1.807) is 0 Å². The van der Waals surface area contributed by atoms with E-state index in [0.717, 1.165) is 45.4 Å². The number of esters is 1. The molecule has 0 fully saturated rings. The molecule has 4 nitrogen and oxygen atoms in total. The third kappa shape index (κ3) is 21.9. The van der Waals surface area contributed by atoms with Crippen molar-refractivity contribution in [3.05, 3.63) is 0 Å². The van der Waals surface area contributed by atoms with Gasteiger partial charge < -0.3 is 14.8 Å². The van der Waals surface area contributed by atoms with Gasteiger partial charge in [-0.25, -0.2) is 0 Å². The maximum Gasteiger partial charge on any atom is 0.308 e. The highest BCUT2D eigenvalue weighted by molar-refractivity contribution is 5.72. The van der Waals surface area contributed by atoms with E-state index in [2.05, 4.69) is 33.0 Å². The number of hydrogen-bond donors (Lipinski definition) is 1. The molecular formula is C30H61NO3. The molecule has 1 N–H and O–H groups in total. The van der Waals surface area contributed by atoms with E-state index in [-0.39, 0.29) is 11.9 Å². The average Bonchev–Trinajstić information content (AvgIpc) is 2.84. The first-order valence-electron chi connectivity index (χ1n) is 15.1. The Morgan fingerprint density at radius 3 is 1.68 bits per heavy atom. The molecule has 0 aliphatic carbocycles. The van der Waals surface area contributed by atoms with E-state index in [1.165, 1.54) is 89.9 Å². The van der Waals surface area contributed by atoms with Crippen LogP contribution in [0.1, 0.15) is 143 Å². The van der Waals surface area contributed by atoms with Crippen LogP contribution in [0.3, 0.4) is 0 Å². The Hall–Kier alpha value is -0.610. The van der Waals surface area contributed by atoms with Crippen LogP contribution in [0.2, 0.25) is 0 Å². The smallest absolute Gasteiger partial charge is 0.308 e. The Labute approximate surface area is 213 Å². The molecule has 34 heavy (non-hydrogen) atoms. The lowest BCUT2D eigenvalue weighted by molar-refractivity contribution is -0.149. The average molecular weight is 484 g/mol. The molecular weight excluding hydrogens is 422 g/mol. The highest BCUT2D eigenvalue weighted by Crippen LogP contribution is 2.20. The van der Waals surface area contributed by atoms with Crippen LogP contribution in [0, 0.1) is 11.8 Å². The molecule has 2 atom stereocenters. The number of unbranched alkanes of at least 4 members (excludes halogenated alkanes) is 10. The first kappa shape index (κ1) is 33.4. The van der Waals surface area contributed by atoms with Crippen LogP contribution in [0.25, 0.3) is 0 Å². The topological polar surface area (TPSA) is 47.6 Å². The number of rotatable bonds is 27. The molecule has 0 rings (SSSR count). The molecule has 0 aliphatic heterocycles. The summed E-state index contributed by atoms with van der Waals surface area (Å²) in [5, 5.41) is 3.38. The maximum absolute atomic E-state index is 12.6. The van der Waals surface area contributed by atoms with Crippen molar-refractivity contribution >= 4 is 5.97 Å². The minimum Gasteiger partial charge on any atom is -0.464 e. The predicted molar refractivity (Wildman–Crippen MR) is 147 cm³/mol. The first-order chi connectivity index (χ1) is 16.7. The summed E-state index contributed by atoms with van der Waals surface area (Å²) in [7, 11) is 0. The first-order valence-corrected chi connectivity index (χ1v) is 15.1. The molecule has 0 amide bonds. The minimum atomic E-state index is 0.0173. The van der Waals surface area contributed by atoms with Crippen LogP contribution in [0.5, 0.6) is 0 Å². The van der Waals surface area contributed by atoms with Gasteiger partial charge in [0.1, 0.15) is 6.61 Å². The highest BCUT2D eigenvalue weighted by atomic mass is 16.5. The summed E-state index contributed by atoms with van der Waals surface area (Å²) in [4.78, 5) is 12.6. The number of carbonyl (C=O) groups is 1. The lowest BCUT2D eigenvalue weighted by Gasteiger charge is -2.17. The third-order valence-electron chi connectivity index (χ3n) is 6.88. The summed E-state index contributed by atoms with van der Waals surface area (Å²) in [6.45, 7) is 12.6. The lowest BCUT2D eigenvalue weighted by Crippen LogP contribution is -2.27. The van der Waals surface area contributed by atoms with Gasteiger partial charge in [0, 0.05) is 19.7 Å². The summed E-state index contributed by atoms with van der Waals surface area (Å²) in [5.74, 6) is 0.823.